The van der Waals surface area contributed by atoms with Crippen LogP contribution in [-0.4, -0.2) is 0 Å². The quantitative estimate of drug-likeness (QED) is 0.569. The third-order valence-corrected chi connectivity index (χ3v) is 2.73. The molecule has 0 aromatic carbocycles. The first kappa shape index (κ1) is 14.5. The standard InChI is InChI=1S/C7H16.C5H12/c1-5-7(3,4)6-2;1-4-5(2)3/h5-6H2,1-4H3;5H,4H2,1-3H3. The molecule has 0 N–H and O–H groups in total. The van der Waals surface area contributed by atoms with Crippen molar-refractivity contribution in [2.45, 2.75) is 67.7 Å². The van der Waals surface area contributed by atoms with Crippen molar-refractivity contribution in [1.82, 2.24) is 0 Å². The van der Waals surface area contributed by atoms with Crippen molar-refractivity contribution in [2.24, 2.45) is 11.3 Å². The molecule has 0 aliphatic rings. The molecular weight excluding hydrogens is 144 g/mol. The normalized spacial score (nSPS) is 11.0. The van der Waals surface area contributed by atoms with Crippen LogP contribution in [0.15, 0.2) is 0 Å². The van der Waals surface area contributed by atoms with Crippen LogP contribution in [0.3, 0.4) is 0 Å². The molecule has 0 atom stereocenters. The van der Waals surface area contributed by atoms with Crippen molar-refractivity contribution in [3.63, 3.8) is 0 Å². The summed E-state index contributed by atoms with van der Waals surface area (Å²) in [6.45, 7) is 15.7. The summed E-state index contributed by atoms with van der Waals surface area (Å²) in [7, 11) is 0. The lowest BCUT2D eigenvalue weighted by Crippen LogP contribution is -2.05. The summed E-state index contributed by atoms with van der Waals surface area (Å²) in [6, 6.07) is 0. The molecule has 0 bridgehead atoms. The Morgan fingerprint density at radius 1 is 0.917 bits per heavy atom. The fraction of sp³-hybridized carbons (Fsp3) is 1.00. The van der Waals surface area contributed by atoms with Gasteiger partial charge in [0, 0.05) is 0 Å². The van der Waals surface area contributed by atoms with Gasteiger partial charge in [-0.3, -0.25) is 0 Å². The van der Waals surface area contributed by atoms with Gasteiger partial charge in [-0.2, -0.15) is 0 Å². The molecule has 0 amide bonds. The third kappa shape index (κ3) is 12.7. The molecule has 0 saturated heterocycles. The van der Waals surface area contributed by atoms with Crippen molar-refractivity contribution < 1.29 is 0 Å². The summed E-state index contributed by atoms with van der Waals surface area (Å²) < 4.78 is 0. The molecule has 0 heteroatoms. The van der Waals surface area contributed by atoms with Crippen LogP contribution in [0, 0.1) is 11.3 Å². The number of rotatable bonds is 3. The Morgan fingerprint density at radius 3 is 1.17 bits per heavy atom. The molecule has 0 radical (unpaired) electrons. The van der Waals surface area contributed by atoms with E-state index in [1.807, 2.05) is 0 Å². The van der Waals surface area contributed by atoms with Crippen LogP contribution in [-0.2, 0) is 0 Å². The minimum absolute atomic E-state index is 0.583. The molecule has 76 valence electrons. The van der Waals surface area contributed by atoms with Gasteiger partial charge in [0.15, 0.2) is 0 Å². The van der Waals surface area contributed by atoms with E-state index in [0.29, 0.717) is 5.41 Å². The summed E-state index contributed by atoms with van der Waals surface area (Å²) in [5.41, 5.74) is 0.583. The van der Waals surface area contributed by atoms with E-state index in [1.165, 1.54) is 19.3 Å². The maximum absolute atomic E-state index is 2.30. The first-order valence-corrected chi connectivity index (χ1v) is 5.39. The first-order chi connectivity index (χ1) is 5.39. The Labute approximate surface area is 79.8 Å². The van der Waals surface area contributed by atoms with Crippen LogP contribution in [0.4, 0.5) is 0 Å². The van der Waals surface area contributed by atoms with Gasteiger partial charge in [-0.25, -0.2) is 0 Å². The lowest BCUT2D eigenvalue weighted by molar-refractivity contribution is 0.338. The highest BCUT2D eigenvalue weighted by atomic mass is 14.1. The van der Waals surface area contributed by atoms with E-state index in [-0.39, 0.29) is 0 Å². The first-order valence-electron chi connectivity index (χ1n) is 5.39. The van der Waals surface area contributed by atoms with Gasteiger partial charge in [-0.15, -0.1) is 0 Å². The summed E-state index contributed by atoms with van der Waals surface area (Å²) in [4.78, 5) is 0. The molecule has 0 aromatic rings. The van der Waals surface area contributed by atoms with E-state index >= 15 is 0 Å². The SMILES string of the molecule is CCC(C)(C)CC.CCC(C)C. The minimum atomic E-state index is 0.583. The molecule has 0 aromatic heterocycles. The van der Waals surface area contributed by atoms with Crippen LogP contribution < -0.4 is 0 Å². The fourth-order valence-corrected chi connectivity index (χ4v) is 0.250. The maximum atomic E-state index is 2.30. The predicted molar refractivity (Wildman–Crippen MR) is 59.5 cm³/mol. The van der Waals surface area contributed by atoms with E-state index < -0.39 is 0 Å². The fourth-order valence-electron chi connectivity index (χ4n) is 0.250. The van der Waals surface area contributed by atoms with Crippen LogP contribution in [0.1, 0.15) is 67.7 Å². The molecule has 0 spiro atoms. The highest BCUT2D eigenvalue weighted by molar-refractivity contribution is 4.61. The second-order valence-electron chi connectivity index (χ2n) is 4.67. The smallest absolute Gasteiger partial charge is 0.0359 e. The average molecular weight is 172 g/mol. The van der Waals surface area contributed by atoms with Gasteiger partial charge < -0.3 is 0 Å². The van der Waals surface area contributed by atoms with E-state index in [4.69, 9.17) is 0 Å². The predicted octanol–water partition coefficient (Wildman–Crippen LogP) is 4.89. The Balaban J connectivity index is 0. The van der Waals surface area contributed by atoms with Gasteiger partial charge in [-0.05, 0) is 11.3 Å². The van der Waals surface area contributed by atoms with Gasteiger partial charge in [0.25, 0.3) is 0 Å². The lowest BCUT2D eigenvalue weighted by atomic mass is 9.88. The minimum Gasteiger partial charge on any atom is -0.0651 e. The van der Waals surface area contributed by atoms with E-state index in [1.54, 1.807) is 0 Å². The van der Waals surface area contributed by atoms with Gasteiger partial charge >= 0.3 is 0 Å². The molecule has 0 nitrogen and oxygen atoms in total. The number of hydrogen-bond donors (Lipinski definition) is 0. The summed E-state index contributed by atoms with van der Waals surface area (Å²) in [5.74, 6) is 0.884. The molecule has 0 aliphatic carbocycles. The van der Waals surface area contributed by atoms with Crippen molar-refractivity contribution in [3.05, 3.63) is 0 Å². The zero-order valence-corrected chi connectivity index (χ0v) is 10.2. The molecule has 0 heterocycles. The topological polar surface area (TPSA) is 0 Å². The molecular formula is C12H28. The Morgan fingerprint density at radius 2 is 1.17 bits per heavy atom. The van der Waals surface area contributed by atoms with Crippen molar-refractivity contribution in [2.75, 3.05) is 0 Å². The molecule has 0 rings (SSSR count). The van der Waals surface area contributed by atoms with E-state index in [0.717, 1.165) is 5.92 Å². The zero-order chi connectivity index (χ0) is 10.2. The van der Waals surface area contributed by atoms with Crippen LogP contribution in [0.5, 0.6) is 0 Å². The third-order valence-electron chi connectivity index (χ3n) is 2.73. The van der Waals surface area contributed by atoms with Crippen LogP contribution >= 0.6 is 0 Å². The van der Waals surface area contributed by atoms with Crippen molar-refractivity contribution >= 4 is 0 Å². The second kappa shape index (κ2) is 7.64. The monoisotopic (exact) mass is 172 g/mol. The van der Waals surface area contributed by atoms with Crippen LogP contribution in [0.2, 0.25) is 0 Å². The number of hydrogen-bond acceptors (Lipinski definition) is 0. The molecule has 0 saturated carbocycles. The lowest BCUT2D eigenvalue weighted by Gasteiger charge is -2.18. The zero-order valence-electron chi connectivity index (χ0n) is 10.2. The van der Waals surface area contributed by atoms with E-state index in [9.17, 15) is 0 Å². The molecule has 0 fully saturated rings. The van der Waals surface area contributed by atoms with E-state index in [2.05, 4.69) is 48.5 Å². The van der Waals surface area contributed by atoms with Gasteiger partial charge in [0.2, 0.25) is 0 Å². The molecule has 0 unspecified atom stereocenters. The summed E-state index contributed by atoms with van der Waals surface area (Å²) in [6.07, 6.45) is 3.90. The van der Waals surface area contributed by atoms with Crippen molar-refractivity contribution in [3.8, 4) is 0 Å². The Bertz CT molecular complexity index is 74.0. The Hall–Kier alpha value is 0. The van der Waals surface area contributed by atoms with Crippen molar-refractivity contribution in [1.29, 1.82) is 0 Å². The molecule has 12 heavy (non-hydrogen) atoms. The second-order valence-corrected chi connectivity index (χ2v) is 4.67. The summed E-state index contributed by atoms with van der Waals surface area (Å²) in [5, 5.41) is 0. The Kier molecular flexibility index (Phi) is 9.24. The largest absolute Gasteiger partial charge is 0.0651 e. The average Bonchev–Trinajstić information content (AvgIpc) is 2.05. The molecule has 0 aliphatic heterocycles. The van der Waals surface area contributed by atoms with Gasteiger partial charge in [0.05, 0.1) is 0 Å². The van der Waals surface area contributed by atoms with Gasteiger partial charge in [0.1, 0.15) is 0 Å². The highest BCUT2D eigenvalue weighted by Crippen LogP contribution is 2.22. The van der Waals surface area contributed by atoms with Gasteiger partial charge in [-0.1, -0.05) is 67.7 Å². The highest BCUT2D eigenvalue weighted by Gasteiger charge is 2.09. The maximum Gasteiger partial charge on any atom is -0.0359 e. The van der Waals surface area contributed by atoms with Crippen LogP contribution in [0.25, 0.3) is 0 Å². The summed E-state index contributed by atoms with van der Waals surface area (Å²) >= 11 is 0.